The van der Waals surface area contributed by atoms with Crippen LogP contribution in [0.2, 0.25) is 5.02 Å². The lowest BCUT2D eigenvalue weighted by Gasteiger charge is -2.27. The third kappa shape index (κ3) is 2.67. The summed E-state index contributed by atoms with van der Waals surface area (Å²) in [5.74, 6) is 0.566. The summed E-state index contributed by atoms with van der Waals surface area (Å²) >= 11 is 6.01. The lowest BCUT2D eigenvalue weighted by molar-refractivity contribution is -0.912. The quantitative estimate of drug-likeness (QED) is 0.764. The first-order chi connectivity index (χ1) is 10.6. The summed E-state index contributed by atoms with van der Waals surface area (Å²) in [7, 11) is 0. The SMILES string of the molecule is CCC[NH+]1CNc2c(c(=O)[nH]c(=O)n2-c2cccc(Cl)c2)C1. The van der Waals surface area contributed by atoms with Gasteiger partial charge >= 0.3 is 5.69 Å². The predicted octanol–water partition coefficient (Wildman–Crippen LogP) is 0.357. The molecule has 2 heterocycles. The molecule has 0 radical (unpaired) electrons. The molecule has 7 heteroatoms. The van der Waals surface area contributed by atoms with E-state index in [0.717, 1.165) is 13.0 Å². The van der Waals surface area contributed by atoms with Gasteiger partial charge in [0.15, 0.2) is 6.67 Å². The highest BCUT2D eigenvalue weighted by Crippen LogP contribution is 2.19. The zero-order valence-corrected chi connectivity index (χ0v) is 13.0. The average molecular weight is 322 g/mol. The number of benzene rings is 1. The number of aromatic amines is 1. The number of nitrogens with one attached hydrogen (secondary N) is 3. The largest absolute Gasteiger partial charge is 0.334 e. The van der Waals surface area contributed by atoms with Gasteiger partial charge in [-0.25, -0.2) is 9.36 Å². The van der Waals surface area contributed by atoms with E-state index < -0.39 is 5.69 Å². The van der Waals surface area contributed by atoms with Crippen molar-refractivity contribution in [1.82, 2.24) is 9.55 Å². The minimum atomic E-state index is -0.461. The van der Waals surface area contributed by atoms with Crippen LogP contribution >= 0.6 is 11.6 Å². The Morgan fingerprint density at radius 1 is 1.36 bits per heavy atom. The molecule has 0 bridgehead atoms. The normalized spacial score (nSPS) is 16.9. The molecule has 1 aliphatic rings. The molecule has 6 nitrogen and oxygen atoms in total. The smallest absolute Gasteiger partial charge is 0.324 e. The number of hydrogen-bond acceptors (Lipinski definition) is 3. The van der Waals surface area contributed by atoms with Gasteiger partial charge in [0.1, 0.15) is 17.9 Å². The third-order valence-electron chi connectivity index (χ3n) is 3.81. The summed E-state index contributed by atoms with van der Waals surface area (Å²) in [6, 6.07) is 7.02. The van der Waals surface area contributed by atoms with Crippen LogP contribution < -0.4 is 21.5 Å². The molecule has 0 fully saturated rings. The zero-order valence-electron chi connectivity index (χ0n) is 12.3. The minimum absolute atomic E-state index is 0.320. The van der Waals surface area contributed by atoms with Gasteiger partial charge in [-0.05, 0) is 24.6 Å². The highest BCUT2D eigenvalue weighted by molar-refractivity contribution is 6.30. The number of anilines is 1. The van der Waals surface area contributed by atoms with Crippen LogP contribution in [0.1, 0.15) is 18.9 Å². The van der Waals surface area contributed by atoms with Crippen LogP contribution in [0.5, 0.6) is 0 Å². The van der Waals surface area contributed by atoms with Gasteiger partial charge in [0.2, 0.25) is 0 Å². The zero-order chi connectivity index (χ0) is 15.7. The van der Waals surface area contributed by atoms with Crippen LogP contribution in [0.25, 0.3) is 5.69 Å². The Balaban J connectivity index is 2.15. The molecule has 1 aliphatic heterocycles. The molecule has 0 aliphatic carbocycles. The van der Waals surface area contributed by atoms with Gasteiger partial charge < -0.3 is 10.2 Å². The monoisotopic (exact) mass is 321 g/mol. The van der Waals surface area contributed by atoms with Crippen LogP contribution in [0, 0.1) is 0 Å². The Morgan fingerprint density at radius 2 is 2.18 bits per heavy atom. The third-order valence-corrected chi connectivity index (χ3v) is 4.04. The molecular weight excluding hydrogens is 304 g/mol. The fraction of sp³-hybridized carbons (Fsp3) is 0.333. The summed E-state index contributed by atoms with van der Waals surface area (Å²) < 4.78 is 1.48. The maximum absolute atomic E-state index is 12.2. The molecule has 3 N–H and O–H groups in total. The van der Waals surface area contributed by atoms with Crippen molar-refractivity contribution >= 4 is 17.4 Å². The molecular formula is C15H18ClN4O2+. The van der Waals surface area contributed by atoms with Crippen LogP contribution in [0.15, 0.2) is 33.9 Å². The first kappa shape index (κ1) is 14.9. The van der Waals surface area contributed by atoms with Crippen molar-refractivity contribution in [2.24, 2.45) is 0 Å². The van der Waals surface area contributed by atoms with Crippen LogP contribution in [-0.2, 0) is 6.54 Å². The Kier molecular flexibility index (Phi) is 4.04. The summed E-state index contributed by atoms with van der Waals surface area (Å²) in [6.07, 6.45) is 1.04. The molecule has 0 saturated heterocycles. The van der Waals surface area contributed by atoms with E-state index in [-0.39, 0.29) is 5.56 Å². The van der Waals surface area contributed by atoms with E-state index in [1.165, 1.54) is 9.47 Å². The molecule has 0 saturated carbocycles. The molecule has 0 spiro atoms. The molecule has 1 atom stereocenters. The van der Waals surface area contributed by atoms with Crippen molar-refractivity contribution in [2.45, 2.75) is 19.9 Å². The summed E-state index contributed by atoms with van der Waals surface area (Å²) in [5.41, 5.74) is 0.460. The number of fused-ring (bicyclic) bond motifs is 1. The first-order valence-corrected chi connectivity index (χ1v) is 7.69. The lowest BCUT2D eigenvalue weighted by atomic mass is 10.2. The summed E-state index contributed by atoms with van der Waals surface area (Å²) in [4.78, 5) is 28.1. The van der Waals surface area contributed by atoms with Crippen molar-refractivity contribution in [3.05, 3.63) is 55.7 Å². The maximum Gasteiger partial charge on any atom is 0.334 e. The molecule has 2 aromatic rings. The Hall–Kier alpha value is -2.05. The van der Waals surface area contributed by atoms with Crippen LogP contribution in [-0.4, -0.2) is 22.8 Å². The second kappa shape index (κ2) is 5.98. The molecule has 0 amide bonds. The van der Waals surface area contributed by atoms with Crippen LogP contribution in [0.3, 0.4) is 0 Å². The van der Waals surface area contributed by atoms with E-state index in [0.29, 0.717) is 35.3 Å². The lowest BCUT2D eigenvalue weighted by Crippen LogP contribution is -3.12. The van der Waals surface area contributed by atoms with E-state index in [9.17, 15) is 9.59 Å². The Labute approximate surface area is 132 Å². The molecule has 1 unspecified atom stereocenters. The Morgan fingerprint density at radius 3 is 2.91 bits per heavy atom. The van der Waals surface area contributed by atoms with E-state index in [2.05, 4.69) is 17.2 Å². The van der Waals surface area contributed by atoms with E-state index in [1.54, 1.807) is 24.3 Å². The van der Waals surface area contributed by atoms with Gasteiger partial charge in [-0.2, -0.15) is 0 Å². The average Bonchev–Trinajstić information content (AvgIpc) is 2.48. The molecule has 1 aromatic carbocycles. The molecule has 1 aromatic heterocycles. The second-order valence-electron chi connectivity index (χ2n) is 5.43. The number of quaternary nitrogens is 1. The fourth-order valence-corrected chi connectivity index (χ4v) is 3.02. The van der Waals surface area contributed by atoms with Gasteiger partial charge in [0.25, 0.3) is 5.56 Å². The number of halogens is 1. The topological polar surface area (TPSA) is 71.3 Å². The highest BCUT2D eigenvalue weighted by atomic mass is 35.5. The van der Waals surface area contributed by atoms with Gasteiger partial charge in [0, 0.05) is 5.02 Å². The predicted molar refractivity (Wildman–Crippen MR) is 86.0 cm³/mol. The number of hydrogen-bond donors (Lipinski definition) is 3. The fourth-order valence-electron chi connectivity index (χ4n) is 2.84. The van der Waals surface area contributed by atoms with Gasteiger partial charge in [-0.1, -0.05) is 24.6 Å². The van der Waals surface area contributed by atoms with Crippen molar-refractivity contribution < 1.29 is 4.90 Å². The highest BCUT2D eigenvalue weighted by Gasteiger charge is 2.25. The van der Waals surface area contributed by atoms with Crippen molar-refractivity contribution in [3.8, 4) is 5.69 Å². The number of aromatic nitrogens is 2. The van der Waals surface area contributed by atoms with Crippen molar-refractivity contribution in [1.29, 1.82) is 0 Å². The number of rotatable bonds is 3. The van der Waals surface area contributed by atoms with Crippen molar-refractivity contribution in [3.63, 3.8) is 0 Å². The standard InChI is InChI=1S/C15H17ClN4O2/c1-2-6-19-8-12-13(17-9-19)20(15(22)18-14(12)21)11-5-3-4-10(16)7-11/h3-5,7,17H,2,6,8-9H2,1H3,(H,18,21,22)/p+1. The molecule has 3 rings (SSSR count). The summed E-state index contributed by atoms with van der Waals surface area (Å²) in [6.45, 7) is 4.37. The van der Waals surface area contributed by atoms with Gasteiger partial charge in [0.05, 0.1) is 12.2 Å². The second-order valence-corrected chi connectivity index (χ2v) is 5.87. The van der Waals surface area contributed by atoms with E-state index in [1.807, 2.05) is 0 Å². The molecule has 22 heavy (non-hydrogen) atoms. The number of H-pyrrole nitrogens is 1. The van der Waals surface area contributed by atoms with Gasteiger partial charge in [-0.15, -0.1) is 0 Å². The molecule has 116 valence electrons. The maximum atomic E-state index is 12.2. The minimum Gasteiger partial charge on any atom is -0.324 e. The van der Waals surface area contributed by atoms with E-state index >= 15 is 0 Å². The van der Waals surface area contributed by atoms with Crippen molar-refractivity contribution in [2.75, 3.05) is 18.5 Å². The summed E-state index contributed by atoms with van der Waals surface area (Å²) in [5, 5.41) is 3.77. The van der Waals surface area contributed by atoms with E-state index in [4.69, 9.17) is 11.6 Å². The first-order valence-electron chi connectivity index (χ1n) is 7.31. The van der Waals surface area contributed by atoms with Crippen LogP contribution in [0.4, 0.5) is 5.82 Å². The number of nitrogens with zero attached hydrogens (tertiary/aromatic N) is 1. The van der Waals surface area contributed by atoms with Gasteiger partial charge in [-0.3, -0.25) is 9.78 Å². The Bertz CT molecular complexity index is 812.